The van der Waals surface area contributed by atoms with E-state index in [2.05, 4.69) is 29.4 Å². The van der Waals surface area contributed by atoms with Crippen molar-refractivity contribution < 1.29 is 8.78 Å². The molecule has 1 heterocycles. The van der Waals surface area contributed by atoms with Gasteiger partial charge in [0.1, 0.15) is 21.5 Å². The molecule has 2 nitrogen and oxygen atoms in total. The Kier molecular flexibility index (Phi) is 3.83. The second kappa shape index (κ2) is 5.88. The van der Waals surface area contributed by atoms with Crippen LogP contribution in [0.25, 0.3) is 0 Å². The molecule has 1 spiro atoms. The summed E-state index contributed by atoms with van der Waals surface area (Å²) in [5, 5.41) is 7.08. The number of nitrogens with zero attached hydrogens (tertiary/aromatic N) is 2. The molecule has 3 aliphatic rings. The standard InChI is InChI=1S/C19H18F2N2S/c1-23-19(11-5-7-13-6-3-2-4-8-16(13)19)24-18(22-23)15-12-14(20)9-10-17(15)21/h2-4,6,9-10,12H,5,7-8,11H2,1H3. The highest BCUT2D eigenvalue weighted by molar-refractivity contribution is 8.16. The fourth-order valence-electron chi connectivity index (χ4n) is 3.69. The van der Waals surface area contributed by atoms with Gasteiger partial charge in [-0.1, -0.05) is 36.1 Å². The van der Waals surface area contributed by atoms with Crippen molar-refractivity contribution in [1.29, 1.82) is 0 Å². The summed E-state index contributed by atoms with van der Waals surface area (Å²) in [5.74, 6) is -0.874. The maximum atomic E-state index is 14.2. The minimum Gasteiger partial charge on any atom is -0.278 e. The lowest BCUT2D eigenvalue weighted by molar-refractivity contribution is 0.234. The molecule has 0 amide bonds. The molecule has 2 aliphatic carbocycles. The average molecular weight is 344 g/mol. The first-order valence-electron chi connectivity index (χ1n) is 8.13. The fraction of sp³-hybridized carbons (Fsp3) is 0.316. The molecule has 0 saturated heterocycles. The first-order chi connectivity index (χ1) is 11.6. The van der Waals surface area contributed by atoms with Crippen molar-refractivity contribution in [3.63, 3.8) is 0 Å². The fourth-order valence-corrected chi connectivity index (χ4v) is 5.19. The Morgan fingerprint density at radius 3 is 3.00 bits per heavy atom. The first kappa shape index (κ1) is 15.6. The number of hydrogen-bond acceptors (Lipinski definition) is 3. The molecular formula is C19H18F2N2S. The van der Waals surface area contributed by atoms with E-state index in [1.54, 1.807) is 11.8 Å². The summed E-state index contributed by atoms with van der Waals surface area (Å²) in [6.45, 7) is 0. The summed E-state index contributed by atoms with van der Waals surface area (Å²) in [6.07, 6.45) is 12.4. The number of allylic oxidation sites excluding steroid dienone is 5. The van der Waals surface area contributed by atoms with Crippen molar-refractivity contribution in [3.8, 4) is 0 Å². The van der Waals surface area contributed by atoms with E-state index < -0.39 is 11.6 Å². The van der Waals surface area contributed by atoms with Gasteiger partial charge in [0.05, 0.1) is 0 Å². The zero-order chi connectivity index (χ0) is 16.7. The highest BCUT2D eigenvalue weighted by atomic mass is 32.2. The van der Waals surface area contributed by atoms with Crippen LogP contribution in [0.15, 0.2) is 58.8 Å². The van der Waals surface area contributed by atoms with E-state index in [4.69, 9.17) is 0 Å². The molecule has 5 heteroatoms. The second-order valence-electron chi connectivity index (χ2n) is 6.29. The molecule has 1 unspecified atom stereocenters. The van der Waals surface area contributed by atoms with Crippen LogP contribution in [0, 0.1) is 11.6 Å². The maximum Gasteiger partial charge on any atom is 0.133 e. The van der Waals surface area contributed by atoms with Gasteiger partial charge < -0.3 is 0 Å². The van der Waals surface area contributed by atoms with E-state index in [0.717, 1.165) is 31.7 Å². The van der Waals surface area contributed by atoms with Crippen LogP contribution < -0.4 is 0 Å². The van der Waals surface area contributed by atoms with Crippen molar-refractivity contribution in [2.45, 2.75) is 30.6 Å². The average Bonchev–Trinajstić information content (AvgIpc) is 2.75. The SMILES string of the molecule is CN1N=C(c2cc(F)ccc2F)SC12CCCC1=C2CC=CC=C1. The van der Waals surface area contributed by atoms with Crippen LogP contribution in [-0.2, 0) is 0 Å². The number of benzene rings is 1. The van der Waals surface area contributed by atoms with E-state index in [-0.39, 0.29) is 10.4 Å². The van der Waals surface area contributed by atoms with Crippen LogP contribution >= 0.6 is 11.8 Å². The van der Waals surface area contributed by atoms with Gasteiger partial charge in [0.15, 0.2) is 0 Å². The van der Waals surface area contributed by atoms with Gasteiger partial charge in [-0.15, -0.1) is 0 Å². The molecule has 124 valence electrons. The summed E-state index contributed by atoms with van der Waals surface area (Å²) in [6, 6.07) is 3.54. The van der Waals surface area contributed by atoms with Crippen LogP contribution in [0.3, 0.4) is 0 Å². The Bertz CT molecular complexity index is 810. The summed E-state index contributed by atoms with van der Waals surface area (Å²) < 4.78 is 27.8. The molecule has 1 atom stereocenters. The smallest absolute Gasteiger partial charge is 0.133 e. The number of halogens is 2. The number of likely N-dealkylation sites (N-methyl/N-ethyl adjacent to an activating group) is 1. The Morgan fingerprint density at radius 2 is 2.12 bits per heavy atom. The van der Waals surface area contributed by atoms with E-state index in [1.807, 2.05) is 12.1 Å². The molecular weight excluding hydrogens is 326 g/mol. The maximum absolute atomic E-state index is 14.2. The molecule has 0 bridgehead atoms. The Hall–Kier alpha value is -1.88. The number of thioether (sulfide) groups is 1. The lowest BCUT2D eigenvalue weighted by Gasteiger charge is -2.40. The van der Waals surface area contributed by atoms with Gasteiger partial charge in [-0.3, -0.25) is 5.01 Å². The molecule has 1 aromatic rings. The van der Waals surface area contributed by atoms with Gasteiger partial charge >= 0.3 is 0 Å². The number of hydrazone groups is 1. The molecule has 0 aromatic heterocycles. The molecule has 1 aromatic carbocycles. The molecule has 24 heavy (non-hydrogen) atoms. The zero-order valence-electron chi connectivity index (χ0n) is 13.4. The largest absolute Gasteiger partial charge is 0.278 e. The Balaban J connectivity index is 1.76. The van der Waals surface area contributed by atoms with Crippen LogP contribution in [-0.4, -0.2) is 22.0 Å². The van der Waals surface area contributed by atoms with E-state index in [1.165, 1.54) is 23.3 Å². The van der Waals surface area contributed by atoms with Crippen molar-refractivity contribution in [2.75, 3.05) is 7.05 Å². The van der Waals surface area contributed by atoms with Crippen molar-refractivity contribution in [2.24, 2.45) is 5.10 Å². The predicted octanol–water partition coefficient (Wildman–Crippen LogP) is 5.00. The highest BCUT2D eigenvalue weighted by Gasteiger charge is 2.47. The van der Waals surface area contributed by atoms with Gasteiger partial charge in [0.2, 0.25) is 0 Å². The molecule has 0 fully saturated rings. The third kappa shape index (κ3) is 2.42. The number of fused-ring (bicyclic) bond motifs is 1. The van der Waals surface area contributed by atoms with Gasteiger partial charge in [0, 0.05) is 12.6 Å². The Labute approximate surface area is 144 Å². The monoisotopic (exact) mass is 344 g/mol. The van der Waals surface area contributed by atoms with Crippen molar-refractivity contribution in [3.05, 3.63) is 70.8 Å². The molecule has 1 aliphatic heterocycles. The molecule has 0 N–H and O–H groups in total. The van der Waals surface area contributed by atoms with Crippen LogP contribution in [0.4, 0.5) is 8.78 Å². The second-order valence-corrected chi connectivity index (χ2v) is 7.55. The van der Waals surface area contributed by atoms with Gasteiger partial charge in [-0.25, -0.2) is 8.78 Å². The third-order valence-electron chi connectivity index (χ3n) is 4.88. The summed E-state index contributed by atoms with van der Waals surface area (Å²) in [7, 11) is 1.94. The first-order valence-corrected chi connectivity index (χ1v) is 8.94. The summed E-state index contributed by atoms with van der Waals surface area (Å²) in [4.78, 5) is -0.291. The normalized spacial score (nSPS) is 26.0. The lowest BCUT2D eigenvalue weighted by Crippen LogP contribution is -2.41. The number of hydrogen-bond donors (Lipinski definition) is 0. The van der Waals surface area contributed by atoms with Gasteiger partial charge in [-0.2, -0.15) is 5.10 Å². The topological polar surface area (TPSA) is 15.6 Å². The zero-order valence-corrected chi connectivity index (χ0v) is 14.2. The van der Waals surface area contributed by atoms with Crippen LogP contribution in [0.1, 0.15) is 31.2 Å². The molecule has 0 saturated carbocycles. The quantitative estimate of drug-likeness (QED) is 0.712. The van der Waals surface area contributed by atoms with E-state index in [9.17, 15) is 8.78 Å². The van der Waals surface area contributed by atoms with Crippen molar-refractivity contribution >= 4 is 16.8 Å². The predicted molar refractivity (Wildman–Crippen MR) is 94.8 cm³/mol. The number of rotatable bonds is 1. The minimum atomic E-state index is -0.442. The summed E-state index contributed by atoms with van der Waals surface area (Å²) >= 11 is 1.56. The van der Waals surface area contributed by atoms with Gasteiger partial charge in [0.25, 0.3) is 0 Å². The minimum absolute atomic E-state index is 0.246. The lowest BCUT2D eigenvalue weighted by atomic mass is 9.85. The molecule has 4 rings (SSSR count). The van der Waals surface area contributed by atoms with Crippen LogP contribution in [0.5, 0.6) is 0 Å². The van der Waals surface area contributed by atoms with E-state index >= 15 is 0 Å². The van der Waals surface area contributed by atoms with Crippen molar-refractivity contribution in [1.82, 2.24) is 5.01 Å². The van der Waals surface area contributed by atoms with Crippen LogP contribution in [0.2, 0.25) is 0 Å². The van der Waals surface area contributed by atoms with E-state index in [0.29, 0.717) is 5.04 Å². The molecule has 0 radical (unpaired) electrons. The Morgan fingerprint density at radius 1 is 1.25 bits per heavy atom. The summed E-state index contributed by atoms with van der Waals surface area (Å²) in [5.41, 5.74) is 2.93. The highest BCUT2D eigenvalue weighted by Crippen LogP contribution is 2.52. The third-order valence-corrected chi connectivity index (χ3v) is 6.42. The van der Waals surface area contributed by atoms with Gasteiger partial charge in [-0.05, 0) is 55.0 Å².